The highest BCUT2D eigenvalue weighted by atomic mass is 32.1. The van der Waals surface area contributed by atoms with Gasteiger partial charge in [-0.05, 0) is 170 Å². The lowest BCUT2D eigenvalue weighted by Gasteiger charge is -2.46. The average molecular weight is 1390 g/mol. The van der Waals surface area contributed by atoms with Crippen LogP contribution in [0.15, 0.2) is 321 Å². The maximum Gasteiger partial charge on any atom is 0.264 e. The molecule has 0 radical (unpaired) electrons. The van der Waals surface area contributed by atoms with Gasteiger partial charge in [-0.1, -0.05) is 323 Å². The van der Waals surface area contributed by atoms with Crippen molar-refractivity contribution in [3.05, 3.63) is 338 Å². The summed E-state index contributed by atoms with van der Waals surface area (Å²) in [5, 5.41) is 9.93. The second-order valence-corrected chi connectivity index (χ2v) is 33.5. The number of anilines is 6. The van der Waals surface area contributed by atoms with Crippen LogP contribution < -0.4 is 25.5 Å². The van der Waals surface area contributed by atoms with Crippen LogP contribution in [0.4, 0.5) is 34.1 Å². The van der Waals surface area contributed by atoms with Gasteiger partial charge < -0.3 is 14.4 Å². The number of benzene rings is 16. The summed E-state index contributed by atoms with van der Waals surface area (Å²) in [5.41, 5.74) is 24.5. The first-order chi connectivity index (χ1) is 53.3. The molecular formula is C102H80BN3S. The summed E-state index contributed by atoms with van der Waals surface area (Å²) in [5.74, 6) is 0. The molecular weight excluding hydrogens is 1310 g/mol. The highest BCUT2D eigenvalue weighted by molar-refractivity contribution is 7.34. The number of fused-ring (bicyclic) bond motifs is 10. The summed E-state index contributed by atoms with van der Waals surface area (Å²) in [4.78, 5) is 5.10. The van der Waals surface area contributed by atoms with E-state index in [2.05, 4.69) is 380 Å². The predicted molar refractivity (Wildman–Crippen MR) is 463 cm³/mol. The van der Waals surface area contributed by atoms with Crippen molar-refractivity contribution in [2.75, 3.05) is 9.80 Å². The Labute approximate surface area is 635 Å². The molecule has 0 N–H and O–H groups in total. The van der Waals surface area contributed by atoms with E-state index in [1.807, 2.05) is 11.3 Å². The first-order valence-corrected chi connectivity index (χ1v) is 38.4. The van der Waals surface area contributed by atoms with Crippen LogP contribution in [0.5, 0.6) is 0 Å². The van der Waals surface area contributed by atoms with Gasteiger partial charge in [-0.3, -0.25) is 0 Å². The number of hydrogen-bond donors (Lipinski definition) is 0. The molecule has 5 heteroatoms. The van der Waals surface area contributed by atoms with Crippen LogP contribution in [0.1, 0.15) is 83.1 Å². The van der Waals surface area contributed by atoms with Crippen LogP contribution in [-0.4, -0.2) is 11.3 Å². The topological polar surface area (TPSA) is 11.4 Å². The maximum absolute atomic E-state index is 12.1. The Bertz CT molecular complexity index is 6670. The molecule has 3 nitrogen and oxygen atoms in total. The minimum absolute atomic E-state index is 0.00827. The highest BCUT2D eigenvalue weighted by Gasteiger charge is 2.48. The summed E-state index contributed by atoms with van der Waals surface area (Å²) >= 11 is 1.81. The maximum atomic E-state index is 12.1. The lowest BCUT2D eigenvalue weighted by atomic mass is 9.36. The third-order valence-electron chi connectivity index (χ3n) is 22.8. The normalized spacial score (nSPS) is 13.4. The third kappa shape index (κ3) is 10.2. The van der Waals surface area contributed by atoms with Gasteiger partial charge in [-0.25, -0.2) is 0 Å². The van der Waals surface area contributed by atoms with Crippen LogP contribution in [0, 0.1) is 0 Å². The first kappa shape index (κ1) is 61.3. The van der Waals surface area contributed by atoms with Crippen molar-refractivity contribution in [3.63, 3.8) is 0 Å². The minimum Gasteiger partial charge on any atom is -0.310 e. The molecule has 0 bridgehead atoms. The molecule has 0 aliphatic carbocycles. The van der Waals surface area contributed by atoms with Gasteiger partial charge in [0.2, 0.25) is 0 Å². The molecule has 0 saturated carbocycles. The number of hydrogen-bond acceptors (Lipinski definition) is 3. The average Bonchev–Trinajstić information content (AvgIpc) is 1.25. The van der Waals surface area contributed by atoms with Gasteiger partial charge in [0.15, 0.2) is 0 Å². The Morgan fingerprint density at radius 3 is 1.32 bits per heavy atom. The van der Waals surface area contributed by atoms with Crippen molar-refractivity contribution in [1.82, 2.24) is 4.57 Å². The Morgan fingerprint density at radius 2 is 0.766 bits per heavy atom. The number of thiophene rings is 1. The lowest BCUT2D eigenvalue weighted by Crippen LogP contribution is -2.60. The zero-order valence-corrected chi connectivity index (χ0v) is 62.5. The SMILES string of the molecule is [2H]c1c([2H])c(-n2c3ccccc3c3cc4ccc5cccc6ccc(c4c56)c32)c([2H])c2c1B1c3sc4c(-c5ccccc5-c5ccccc5)cccc4c3N(c3c(-c4ccccc4)cc(C(C)(C)C)cc3-c3ccccc3)c3cc(C(C)(C)C)cc(c31)N2c1c(-c2ccccc2)cc(C(C)(C)C)cc1-c1ccccc1. The van der Waals surface area contributed by atoms with Crippen LogP contribution in [0.3, 0.4) is 0 Å². The number of para-hydroxylation sites is 1. The molecule has 20 rings (SSSR count). The molecule has 2 aliphatic heterocycles. The van der Waals surface area contributed by atoms with Gasteiger partial charge in [-0.15, -0.1) is 11.3 Å². The minimum atomic E-state index is -0.685. The van der Waals surface area contributed by atoms with E-state index < -0.39 is 12.1 Å². The van der Waals surface area contributed by atoms with Gasteiger partial charge in [0.1, 0.15) is 0 Å². The van der Waals surface area contributed by atoms with Gasteiger partial charge >= 0.3 is 0 Å². The van der Waals surface area contributed by atoms with E-state index in [4.69, 9.17) is 0 Å². The van der Waals surface area contributed by atoms with Crippen molar-refractivity contribution in [1.29, 1.82) is 0 Å². The van der Waals surface area contributed by atoms with Crippen molar-refractivity contribution < 1.29 is 4.11 Å². The molecule has 0 saturated heterocycles. The zero-order chi connectivity index (χ0) is 75.0. The standard InChI is InChI=1S/C102H80BN3S/c1-100(2,3)71-56-81(64-33-17-11-18-34-64)95(82(57-71)65-35-19-12-20-36-65)105-88-62-74(104-87-48-28-27-45-77(87)85-55-70-50-49-68-41-29-42-69-51-53-79(94(85)104)92(70)91(68)69)52-54-86(88)103-93-89(105)60-73(102(7,8)9)61-90(93)106(96-83(66-37-21-13-22-38-66)58-72(101(4,5)6)59-84(96)67-39-23-14-24-40-67)97-80-47-30-46-78(98(80)107-99(97)103)76-44-26-25-43-75(76)63-31-15-10-16-32-63/h10-62H,1-9H3/i52D,54D,62D. The highest BCUT2D eigenvalue weighted by Crippen LogP contribution is 2.58. The molecule has 4 heterocycles. The zero-order valence-electron chi connectivity index (χ0n) is 64.7. The molecule has 16 aromatic carbocycles. The quantitative estimate of drug-likeness (QED) is 0.105. The molecule has 0 amide bonds. The molecule has 512 valence electrons. The van der Waals surface area contributed by atoms with Crippen LogP contribution in [0.25, 0.3) is 137 Å². The number of rotatable bonds is 9. The Hall–Kier alpha value is -12.0. The molecule has 0 unspecified atom stereocenters. The van der Waals surface area contributed by atoms with E-state index in [9.17, 15) is 4.11 Å². The predicted octanol–water partition coefficient (Wildman–Crippen LogP) is 26.9. The Balaban J connectivity index is 1.01. The molecule has 2 aliphatic rings. The van der Waals surface area contributed by atoms with Crippen LogP contribution in [0.2, 0.25) is 0 Å². The molecule has 0 atom stereocenters. The molecule has 107 heavy (non-hydrogen) atoms. The van der Waals surface area contributed by atoms with Crippen LogP contribution in [-0.2, 0) is 16.2 Å². The molecule has 0 spiro atoms. The first-order valence-electron chi connectivity index (χ1n) is 39.1. The molecule has 18 aromatic rings. The van der Waals surface area contributed by atoms with E-state index in [1.165, 1.54) is 10.9 Å². The second kappa shape index (κ2) is 24.3. The van der Waals surface area contributed by atoms with E-state index >= 15 is 0 Å². The fraction of sp³-hybridized carbons (Fsp3) is 0.118. The summed E-state index contributed by atoms with van der Waals surface area (Å²) in [6, 6.07) is 111. The van der Waals surface area contributed by atoms with Gasteiger partial charge in [0.25, 0.3) is 6.71 Å². The number of aromatic nitrogens is 1. The lowest BCUT2D eigenvalue weighted by molar-refractivity contribution is 0.590. The van der Waals surface area contributed by atoms with E-state index in [-0.39, 0.29) is 29.0 Å². The Morgan fingerprint density at radius 1 is 0.327 bits per heavy atom. The summed E-state index contributed by atoms with van der Waals surface area (Å²) in [6.45, 7) is 20.2. The van der Waals surface area contributed by atoms with Gasteiger partial charge in [0.05, 0.1) is 32.2 Å². The summed E-state index contributed by atoms with van der Waals surface area (Å²) in [7, 11) is 0. The van der Waals surface area contributed by atoms with Crippen molar-refractivity contribution in [2.24, 2.45) is 0 Å². The third-order valence-corrected chi connectivity index (χ3v) is 24.1. The van der Waals surface area contributed by atoms with E-state index in [0.717, 1.165) is 175 Å². The van der Waals surface area contributed by atoms with E-state index in [0.29, 0.717) is 16.8 Å². The Kier molecular flexibility index (Phi) is 13.9. The van der Waals surface area contributed by atoms with Gasteiger partial charge in [0, 0.05) is 81.6 Å². The van der Waals surface area contributed by atoms with Crippen LogP contribution >= 0.6 is 11.3 Å². The molecule has 0 fully saturated rings. The monoisotopic (exact) mass is 1390 g/mol. The fourth-order valence-electron chi connectivity index (χ4n) is 17.5. The van der Waals surface area contributed by atoms with Crippen molar-refractivity contribution in [3.8, 4) is 72.4 Å². The van der Waals surface area contributed by atoms with E-state index in [1.54, 1.807) is 0 Å². The number of nitrogens with zero attached hydrogens (tertiary/aromatic N) is 3. The largest absolute Gasteiger partial charge is 0.310 e. The van der Waals surface area contributed by atoms with Crippen molar-refractivity contribution >= 4 is 132 Å². The van der Waals surface area contributed by atoms with Crippen molar-refractivity contribution in [2.45, 2.75) is 78.6 Å². The fourth-order valence-corrected chi connectivity index (χ4v) is 19.0. The second-order valence-electron chi connectivity index (χ2n) is 32.5. The smallest absolute Gasteiger partial charge is 0.264 e. The summed E-state index contributed by atoms with van der Waals surface area (Å²) in [6.07, 6.45) is 0. The van der Waals surface area contributed by atoms with Gasteiger partial charge in [-0.2, -0.15) is 0 Å². The molecule has 2 aromatic heterocycles. The summed E-state index contributed by atoms with van der Waals surface area (Å²) < 4.78 is 39.5.